The second-order valence-corrected chi connectivity index (χ2v) is 7.32. The molecule has 142 valence electrons. The summed E-state index contributed by atoms with van der Waals surface area (Å²) in [6.45, 7) is 2.13. The Labute approximate surface area is 169 Å². The number of nitrogens with zero attached hydrogens (tertiary/aromatic N) is 3. The lowest BCUT2D eigenvalue weighted by molar-refractivity contribution is 0.102. The summed E-state index contributed by atoms with van der Waals surface area (Å²) in [6.07, 6.45) is 0.679. The van der Waals surface area contributed by atoms with Crippen LogP contribution in [0.4, 0.5) is 5.13 Å². The number of rotatable bonds is 6. The van der Waals surface area contributed by atoms with Gasteiger partial charge in [0.05, 0.1) is 10.2 Å². The second kappa shape index (κ2) is 7.95. The maximum Gasteiger partial charge on any atom is 0.257 e. The van der Waals surface area contributed by atoms with Crippen LogP contribution in [0.2, 0.25) is 5.02 Å². The molecule has 1 amide bonds. The van der Waals surface area contributed by atoms with Gasteiger partial charge in [0.15, 0.2) is 11.7 Å². The molecule has 0 atom stereocenters. The van der Waals surface area contributed by atoms with E-state index in [4.69, 9.17) is 20.9 Å². The van der Waals surface area contributed by atoms with Crippen molar-refractivity contribution in [2.75, 3.05) is 5.32 Å². The van der Waals surface area contributed by atoms with Gasteiger partial charge in [0, 0.05) is 17.0 Å². The fraction of sp³-hybridized carbons (Fsp3) is 0.158. The summed E-state index contributed by atoms with van der Waals surface area (Å²) in [6, 6.07) is 12.2. The van der Waals surface area contributed by atoms with Crippen LogP contribution in [0.3, 0.4) is 0 Å². The van der Waals surface area contributed by atoms with Gasteiger partial charge < -0.3 is 9.26 Å². The third-order valence-electron chi connectivity index (χ3n) is 3.87. The molecule has 0 aliphatic heterocycles. The largest absolute Gasteiger partial charge is 0.485 e. The van der Waals surface area contributed by atoms with E-state index in [9.17, 15) is 4.79 Å². The summed E-state index contributed by atoms with van der Waals surface area (Å²) in [5, 5.41) is 7.79. The topological polar surface area (TPSA) is 90.1 Å². The van der Waals surface area contributed by atoms with Crippen LogP contribution >= 0.6 is 22.9 Å². The molecular formula is C19H15ClN4O3S. The molecule has 4 rings (SSSR count). The molecule has 2 aromatic heterocycles. The van der Waals surface area contributed by atoms with Crippen LogP contribution in [0, 0.1) is 0 Å². The van der Waals surface area contributed by atoms with Crippen molar-refractivity contribution in [2.45, 2.75) is 20.0 Å². The Morgan fingerprint density at radius 1 is 1.21 bits per heavy atom. The van der Waals surface area contributed by atoms with Crippen molar-refractivity contribution in [1.29, 1.82) is 0 Å². The fourth-order valence-corrected chi connectivity index (χ4v) is 3.60. The van der Waals surface area contributed by atoms with Gasteiger partial charge in [-0.1, -0.05) is 35.0 Å². The Bertz CT molecular complexity index is 1120. The van der Waals surface area contributed by atoms with Gasteiger partial charge >= 0.3 is 0 Å². The number of benzene rings is 2. The molecule has 0 saturated heterocycles. The third kappa shape index (κ3) is 4.13. The predicted octanol–water partition coefficient (Wildman–Crippen LogP) is 4.73. The highest BCUT2D eigenvalue weighted by molar-refractivity contribution is 7.22. The summed E-state index contributed by atoms with van der Waals surface area (Å²) in [7, 11) is 0. The first kappa shape index (κ1) is 18.4. The van der Waals surface area contributed by atoms with E-state index in [2.05, 4.69) is 20.4 Å². The van der Waals surface area contributed by atoms with Crippen LogP contribution in [0.15, 0.2) is 47.0 Å². The minimum atomic E-state index is -0.248. The standard InChI is InChI=1S/C19H15ClN4O3S/c1-2-17-22-16(24-27-17)10-26-13-6-3-11(4-7-13)18(25)23-19-21-14-8-5-12(20)9-15(14)28-19/h3-9H,2,10H2,1H3,(H,21,23,25). The number of carbonyl (C=O) groups is 1. The number of hydrogen-bond acceptors (Lipinski definition) is 7. The summed E-state index contributed by atoms with van der Waals surface area (Å²) in [5.74, 6) is 1.41. The first-order valence-electron chi connectivity index (χ1n) is 8.52. The number of amides is 1. The second-order valence-electron chi connectivity index (χ2n) is 5.86. The highest BCUT2D eigenvalue weighted by Gasteiger charge is 2.11. The zero-order valence-corrected chi connectivity index (χ0v) is 16.4. The molecule has 0 fully saturated rings. The van der Waals surface area contributed by atoms with E-state index in [-0.39, 0.29) is 12.5 Å². The van der Waals surface area contributed by atoms with Crippen molar-refractivity contribution < 1.29 is 14.1 Å². The lowest BCUT2D eigenvalue weighted by atomic mass is 10.2. The lowest BCUT2D eigenvalue weighted by Crippen LogP contribution is -2.11. The number of aromatic nitrogens is 3. The molecule has 2 heterocycles. The zero-order valence-electron chi connectivity index (χ0n) is 14.8. The number of halogens is 1. The zero-order chi connectivity index (χ0) is 19.5. The highest BCUT2D eigenvalue weighted by Crippen LogP contribution is 2.28. The smallest absolute Gasteiger partial charge is 0.257 e. The number of thiazole rings is 1. The molecule has 0 aliphatic rings. The van der Waals surface area contributed by atoms with Gasteiger partial charge in [-0.25, -0.2) is 4.98 Å². The molecule has 0 saturated carbocycles. The summed E-state index contributed by atoms with van der Waals surface area (Å²) in [4.78, 5) is 21.0. The van der Waals surface area contributed by atoms with E-state index in [0.29, 0.717) is 39.6 Å². The number of ether oxygens (including phenoxy) is 1. The normalized spacial score (nSPS) is 10.9. The van der Waals surface area contributed by atoms with Gasteiger partial charge in [0.25, 0.3) is 5.91 Å². The Balaban J connectivity index is 1.38. The molecule has 0 radical (unpaired) electrons. The number of aryl methyl sites for hydroxylation is 1. The van der Waals surface area contributed by atoms with E-state index in [1.807, 2.05) is 19.1 Å². The van der Waals surface area contributed by atoms with Gasteiger partial charge in [-0.3, -0.25) is 10.1 Å². The summed E-state index contributed by atoms with van der Waals surface area (Å²) < 4.78 is 11.6. The first-order chi connectivity index (χ1) is 13.6. The predicted molar refractivity (Wildman–Crippen MR) is 107 cm³/mol. The average Bonchev–Trinajstić information content (AvgIpc) is 3.32. The maximum absolute atomic E-state index is 12.4. The minimum Gasteiger partial charge on any atom is -0.485 e. The number of nitrogens with one attached hydrogen (secondary N) is 1. The molecule has 0 aliphatic carbocycles. The number of fused-ring (bicyclic) bond motifs is 1. The van der Waals surface area contributed by atoms with Crippen molar-refractivity contribution in [1.82, 2.24) is 15.1 Å². The van der Waals surface area contributed by atoms with Gasteiger partial charge in [0.2, 0.25) is 11.7 Å². The van der Waals surface area contributed by atoms with E-state index in [1.54, 1.807) is 30.3 Å². The Hall–Kier alpha value is -2.97. The molecule has 4 aromatic rings. The van der Waals surface area contributed by atoms with Crippen LogP contribution in [0.25, 0.3) is 10.2 Å². The Kier molecular flexibility index (Phi) is 5.23. The molecule has 0 spiro atoms. The van der Waals surface area contributed by atoms with E-state index in [0.717, 1.165) is 10.2 Å². The average molecular weight is 415 g/mol. The molecular weight excluding hydrogens is 400 g/mol. The quantitative estimate of drug-likeness (QED) is 0.490. The monoisotopic (exact) mass is 414 g/mol. The van der Waals surface area contributed by atoms with Gasteiger partial charge in [-0.2, -0.15) is 4.98 Å². The summed E-state index contributed by atoms with van der Waals surface area (Å²) in [5.41, 5.74) is 1.29. The Morgan fingerprint density at radius 2 is 2.04 bits per heavy atom. The molecule has 9 heteroatoms. The molecule has 0 unspecified atom stereocenters. The van der Waals surface area contributed by atoms with Crippen molar-refractivity contribution in [3.05, 3.63) is 64.8 Å². The minimum absolute atomic E-state index is 0.198. The Morgan fingerprint density at radius 3 is 2.79 bits per heavy atom. The number of anilines is 1. The van der Waals surface area contributed by atoms with Crippen molar-refractivity contribution in [3.8, 4) is 5.75 Å². The van der Waals surface area contributed by atoms with Gasteiger partial charge in [0.1, 0.15) is 5.75 Å². The van der Waals surface area contributed by atoms with Crippen molar-refractivity contribution in [2.24, 2.45) is 0 Å². The number of carbonyl (C=O) groups excluding carboxylic acids is 1. The van der Waals surface area contributed by atoms with Crippen LogP contribution in [0.1, 0.15) is 29.0 Å². The van der Waals surface area contributed by atoms with Crippen LogP contribution in [0.5, 0.6) is 5.75 Å². The first-order valence-corrected chi connectivity index (χ1v) is 9.72. The van der Waals surface area contributed by atoms with Crippen molar-refractivity contribution >= 4 is 44.2 Å². The van der Waals surface area contributed by atoms with E-state index in [1.165, 1.54) is 11.3 Å². The molecule has 2 aromatic carbocycles. The van der Waals surface area contributed by atoms with E-state index >= 15 is 0 Å². The molecule has 7 nitrogen and oxygen atoms in total. The maximum atomic E-state index is 12.4. The van der Waals surface area contributed by atoms with Gasteiger partial charge in [-0.05, 0) is 42.5 Å². The summed E-state index contributed by atoms with van der Waals surface area (Å²) >= 11 is 7.36. The lowest BCUT2D eigenvalue weighted by Gasteiger charge is -2.05. The third-order valence-corrected chi connectivity index (χ3v) is 5.04. The molecule has 1 N–H and O–H groups in total. The van der Waals surface area contributed by atoms with Crippen LogP contribution in [-0.4, -0.2) is 21.0 Å². The number of hydrogen-bond donors (Lipinski definition) is 1. The molecule has 0 bridgehead atoms. The van der Waals surface area contributed by atoms with E-state index < -0.39 is 0 Å². The highest BCUT2D eigenvalue weighted by atomic mass is 35.5. The molecule has 28 heavy (non-hydrogen) atoms. The fourth-order valence-electron chi connectivity index (χ4n) is 2.46. The van der Waals surface area contributed by atoms with Crippen LogP contribution in [-0.2, 0) is 13.0 Å². The van der Waals surface area contributed by atoms with Crippen LogP contribution < -0.4 is 10.1 Å². The SMILES string of the molecule is CCc1nc(COc2ccc(C(=O)Nc3nc4ccc(Cl)cc4s3)cc2)no1. The van der Waals surface area contributed by atoms with Gasteiger partial charge in [-0.15, -0.1) is 0 Å². The van der Waals surface area contributed by atoms with Crippen molar-refractivity contribution in [3.63, 3.8) is 0 Å².